The largest absolute Gasteiger partial charge is 0.496 e. The minimum Gasteiger partial charge on any atom is -0.496 e. The lowest BCUT2D eigenvalue weighted by Crippen LogP contribution is -2.00. The van der Waals surface area contributed by atoms with Gasteiger partial charge in [-0.2, -0.15) is 0 Å². The molecule has 0 aliphatic heterocycles. The summed E-state index contributed by atoms with van der Waals surface area (Å²) in [5, 5.41) is 12.0. The number of methoxy groups -OCH3 is 1. The number of oxime groups is 1. The zero-order valence-corrected chi connectivity index (χ0v) is 12.5. The molecule has 1 N–H and O–H groups in total. The van der Waals surface area contributed by atoms with Gasteiger partial charge in [0, 0.05) is 11.1 Å². The van der Waals surface area contributed by atoms with E-state index in [1.807, 2.05) is 49.4 Å². The Hall–Kier alpha value is -2.49. The fourth-order valence-corrected chi connectivity index (χ4v) is 2.05. The lowest BCUT2D eigenvalue weighted by atomic mass is 10.1. The summed E-state index contributed by atoms with van der Waals surface area (Å²) in [5.74, 6) is 1.53. The summed E-state index contributed by atoms with van der Waals surface area (Å²) in [6.45, 7) is 4.19. The molecule has 0 radical (unpaired) electrons. The monoisotopic (exact) mass is 285 g/mol. The van der Waals surface area contributed by atoms with Crippen LogP contribution < -0.4 is 9.47 Å². The molecule has 2 aromatic rings. The topological polar surface area (TPSA) is 51.0 Å². The second-order valence-corrected chi connectivity index (χ2v) is 4.82. The van der Waals surface area contributed by atoms with E-state index in [-0.39, 0.29) is 0 Å². The second kappa shape index (κ2) is 6.79. The molecule has 0 saturated heterocycles. The summed E-state index contributed by atoms with van der Waals surface area (Å²) in [6, 6.07) is 13.4. The average molecular weight is 285 g/mol. The molecule has 0 spiro atoms. The van der Waals surface area contributed by atoms with E-state index in [2.05, 4.69) is 5.16 Å². The van der Waals surface area contributed by atoms with Gasteiger partial charge in [-0.1, -0.05) is 28.9 Å². The van der Waals surface area contributed by atoms with E-state index < -0.39 is 0 Å². The molecule has 0 fully saturated rings. The van der Waals surface area contributed by atoms with Crippen LogP contribution in [0.3, 0.4) is 0 Å². The molecule has 2 rings (SSSR count). The maximum Gasteiger partial charge on any atom is 0.125 e. The highest BCUT2D eigenvalue weighted by molar-refractivity contribution is 5.98. The molecule has 0 aliphatic carbocycles. The first-order chi connectivity index (χ1) is 10.1. The van der Waals surface area contributed by atoms with E-state index in [9.17, 15) is 0 Å². The van der Waals surface area contributed by atoms with Crippen LogP contribution in [0, 0.1) is 6.92 Å². The van der Waals surface area contributed by atoms with Crippen LogP contribution >= 0.6 is 0 Å². The van der Waals surface area contributed by atoms with Crippen LogP contribution in [0.15, 0.2) is 47.6 Å². The highest BCUT2D eigenvalue weighted by Crippen LogP contribution is 2.22. The molecule has 21 heavy (non-hydrogen) atoms. The van der Waals surface area contributed by atoms with E-state index in [0.29, 0.717) is 12.3 Å². The van der Waals surface area contributed by atoms with Gasteiger partial charge in [0.2, 0.25) is 0 Å². The number of hydrogen-bond acceptors (Lipinski definition) is 4. The third-order valence-corrected chi connectivity index (χ3v) is 3.23. The van der Waals surface area contributed by atoms with E-state index in [1.54, 1.807) is 14.0 Å². The molecule has 4 heteroatoms. The fourth-order valence-electron chi connectivity index (χ4n) is 2.05. The van der Waals surface area contributed by atoms with Gasteiger partial charge in [-0.05, 0) is 38.1 Å². The van der Waals surface area contributed by atoms with Gasteiger partial charge in [0.15, 0.2) is 0 Å². The Labute approximate surface area is 124 Å². The summed E-state index contributed by atoms with van der Waals surface area (Å²) < 4.78 is 11.1. The molecule has 110 valence electrons. The second-order valence-electron chi connectivity index (χ2n) is 4.82. The number of nitrogens with zero attached hydrogens (tertiary/aromatic N) is 1. The molecule has 0 amide bonds. The number of benzene rings is 2. The smallest absolute Gasteiger partial charge is 0.125 e. The highest BCUT2D eigenvalue weighted by Gasteiger charge is 2.05. The summed E-state index contributed by atoms with van der Waals surface area (Å²) in [5.41, 5.74) is 3.53. The fraction of sp³-hybridized carbons (Fsp3) is 0.235. The van der Waals surface area contributed by atoms with Crippen molar-refractivity contribution in [3.05, 3.63) is 59.2 Å². The first kappa shape index (κ1) is 14.9. The predicted octanol–water partition coefficient (Wildman–Crippen LogP) is 3.78. The van der Waals surface area contributed by atoms with Crippen molar-refractivity contribution in [1.29, 1.82) is 0 Å². The Morgan fingerprint density at radius 2 is 2.00 bits per heavy atom. The zero-order valence-electron chi connectivity index (χ0n) is 12.5. The van der Waals surface area contributed by atoms with Gasteiger partial charge in [-0.15, -0.1) is 0 Å². The summed E-state index contributed by atoms with van der Waals surface area (Å²) in [6.07, 6.45) is 0. The van der Waals surface area contributed by atoms with Crippen LogP contribution in [-0.4, -0.2) is 18.0 Å². The Morgan fingerprint density at radius 1 is 1.19 bits per heavy atom. The molecular formula is C17H19NO3. The van der Waals surface area contributed by atoms with Crippen molar-refractivity contribution >= 4 is 5.71 Å². The van der Waals surface area contributed by atoms with Crippen molar-refractivity contribution in [2.24, 2.45) is 5.16 Å². The molecule has 0 bridgehead atoms. The third kappa shape index (κ3) is 3.75. The average Bonchev–Trinajstić information content (AvgIpc) is 2.52. The Bertz CT molecular complexity index is 650. The predicted molar refractivity (Wildman–Crippen MR) is 82.5 cm³/mol. The lowest BCUT2D eigenvalue weighted by molar-refractivity contribution is 0.296. The van der Waals surface area contributed by atoms with Gasteiger partial charge < -0.3 is 14.7 Å². The molecule has 4 nitrogen and oxygen atoms in total. The van der Waals surface area contributed by atoms with E-state index in [1.165, 1.54) is 0 Å². The van der Waals surface area contributed by atoms with E-state index in [0.717, 1.165) is 28.2 Å². The minimum absolute atomic E-state index is 0.420. The van der Waals surface area contributed by atoms with Crippen molar-refractivity contribution in [2.45, 2.75) is 20.5 Å². The number of rotatable bonds is 5. The lowest BCUT2D eigenvalue weighted by Gasteiger charge is -2.11. The standard InChI is InChI=1S/C17H19NO3/c1-12-7-8-17(20-3)15(9-12)11-21-16-6-4-5-14(10-16)13(2)18-19/h4-10,19H,11H2,1-3H3. The first-order valence-corrected chi connectivity index (χ1v) is 6.69. The van der Waals surface area contributed by atoms with Crippen molar-refractivity contribution in [1.82, 2.24) is 0 Å². The normalized spacial score (nSPS) is 11.3. The van der Waals surface area contributed by atoms with Gasteiger partial charge in [0.05, 0.1) is 12.8 Å². The molecule has 2 aromatic carbocycles. The van der Waals surface area contributed by atoms with E-state index >= 15 is 0 Å². The molecule has 0 aromatic heterocycles. The van der Waals surface area contributed by atoms with Crippen molar-refractivity contribution in [3.63, 3.8) is 0 Å². The molecular weight excluding hydrogens is 266 g/mol. The van der Waals surface area contributed by atoms with Crippen LogP contribution in [0.1, 0.15) is 23.6 Å². The third-order valence-electron chi connectivity index (χ3n) is 3.23. The molecule has 0 unspecified atom stereocenters. The van der Waals surface area contributed by atoms with Crippen molar-refractivity contribution in [3.8, 4) is 11.5 Å². The molecule has 0 heterocycles. The number of aryl methyl sites for hydroxylation is 1. The Kier molecular flexibility index (Phi) is 4.82. The van der Waals surface area contributed by atoms with Gasteiger partial charge in [0.1, 0.15) is 18.1 Å². The van der Waals surface area contributed by atoms with Crippen LogP contribution in [0.4, 0.5) is 0 Å². The van der Waals surface area contributed by atoms with Gasteiger partial charge in [-0.3, -0.25) is 0 Å². The number of ether oxygens (including phenoxy) is 2. The summed E-state index contributed by atoms with van der Waals surface area (Å²) in [4.78, 5) is 0. The summed E-state index contributed by atoms with van der Waals surface area (Å²) >= 11 is 0. The Morgan fingerprint density at radius 3 is 2.71 bits per heavy atom. The SMILES string of the molecule is COc1ccc(C)cc1COc1cccc(C(C)=NO)c1. The maximum absolute atomic E-state index is 8.82. The minimum atomic E-state index is 0.420. The van der Waals surface area contributed by atoms with Crippen molar-refractivity contribution in [2.75, 3.05) is 7.11 Å². The van der Waals surface area contributed by atoms with E-state index in [4.69, 9.17) is 14.7 Å². The number of hydrogen-bond donors (Lipinski definition) is 1. The van der Waals surface area contributed by atoms with Gasteiger partial charge in [-0.25, -0.2) is 0 Å². The maximum atomic E-state index is 8.82. The van der Waals surface area contributed by atoms with Crippen LogP contribution in [0.25, 0.3) is 0 Å². The Balaban J connectivity index is 2.15. The highest BCUT2D eigenvalue weighted by atomic mass is 16.5. The van der Waals surface area contributed by atoms with Crippen LogP contribution in [0.5, 0.6) is 11.5 Å². The quantitative estimate of drug-likeness (QED) is 0.516. The van der Waals surface area contributed by atoms with Crippen molar-refractivity contribution < 1.29 is 14.7 Å². The molecule has 0 aliphatic rings. The first-order valence-electron chi connectivity index (χ1n) is 6.69. The summed E-state index contributed by atoms with van der Waals surface area (Å²) in [7, 11) is 1.65. The zero-order chi connectivity index (χ0) is 15.2. The van der Waals surface area contributed by atoms with Crippen LogP contribution in [0.2, 0.25) is 0 Å². The van der Waals surface area contributed by atoms with Gasteiger partial charge >= 0.3 is 0 Å². The van der Waals surface area contributed by atoms with Crippen LogP contribution in [-0.2, 0) is 6.61 Å². The molecule has 0 atom stereocenters. The molecule has 0 saturated carbocycles. The van der Waals surface area contributed by atoms with Gasteiger partial charge in [0.25, 0.3) is 0 Å².